The highest BCUT2D eigenvalue weighted by atomic mass is 19.4. The Morgan fingerprint density at radius 1 is 1.11 bits per heavy atom. The van der Waals surface area contributed by atoms with Gasteiger partial charge < -0.3 is 24.0 Å². The van der Waals surface area contributed by atoms with Gasteiger partial charge in [0, 0.05) is 48.9 Å². The summed E-state index contributed by atoms with van der Waals surface area (Å²) in [6.07, 6.45) is -0.959. The van der Waals surface area contributed by atoms with Crippen LogP contribution in [-0.4, -0.2) is 66.6 Å². The molecule has 13 heteroatoms. The number of benzene rings is 2. The first kappa shape index (κ1) is 32.4. The van der Waals surface area contributed by atoms with Crippen LogP contribution in [0.5, 0.6) is 5.75 Å². The first-order valence-corrected chi connectivity index (χ1v) is 15.7. The average Bonchev–Trinajstić information content (AvgIpc) is 3.66. The van der Waals surface area contributed by atoms with Gasteiger partial charge in [-0.1, -0.05) is 12.1 Å². The first-order chi connectivity index (χ1) is 22.2. The highest BCUT2D eigenvalue weighted by Crippen LogP contribution is 2.47. The van der Waals surface area contributed by atoms with Crippen molar-refractivity contribution in [1.29, 1.82) is 5.26 Å². The van der Waals surface area contributed by atoms with Crippen molar-refractivity contribution >= 4 is 17.0 Å². The zero-order chi connectivity index (χ0) is 33.7. The second-order valence-electron chi connectivity index (χ2n) is 13.3. The quantitative estimate of drug-likeness (QED) is 0.235. The standard InChI is InChI=1S/C34H37F3N6O4/c1-33(2,3)47-32(45)42-14-12-21(13-15-42)27(44)19-43-18-25-23(6-5-7-26(25)40-43)29-30(22-9-10-22)41(4)31(39-29)24-11-8-20(17-38)16-28(24)46-34(35,36)37/h5-8,11,16,18,21-22,27,44H,9-10,12-15,19H2,1-4H3. The highest BCUT2D eigenvalue weighted by Gasteiger charge is 2.36. The topological polar surface area (TPSA) is 118 Å². The van der Waals surface area contributed by atoms with Gasteiger partial charge in [-0.05, 0) is 76.6 Å². The van der Waals surface area contributed by atoms with Crippen molar-refractivity contribution in [2.75, 3.05) is 13.1 Å². The van der Waals surface area contributed by atoms with Crippen LogP contribution in [0.15, 0.2) is 42.6 Å². The summed E-state index contributed by atoms with van der Waals surface area (Å²) in [7, 11) is 1.78. The van der Waals surface area contributed by atoms with Crippen LogP contribution >= 0.6 is 0 Å². The van der Waals surface area contributed by atoms with E-state index in [9.17, 15) is 28.3 Å². The summed E-state index contributed by atoms with van der Waals surface area (Å²) in [6.45, 7) is 6.76. The molecular formula is C34H37F3N6O4. The molecule has 4 aromatic rings. The molecule has 3 heterocycles. The van der Waals surface area contributed by atoms with Crippen LogP contribution in [0.1, 0.15) is 63.6 Å². The summed E-state index contributed by atoms with van der Waals surface area (Å²) in [5, 5.41) is 26.0. The number of nitrogens with zero attached hydrogens (tertiary/aromatic N) is 6. The van der Waals surface area contributed by atoms with Gasteiger partial charge in [-0.3, -0.25) is 4.68 Å². The maximum atomic E-state index is 13.4. The number of amides is 1. The lowest BCUT2D eigenvalue weighted by Crippen LogP contribution is -2.44. The summed E-state index contributed by atoms with van der Waals surface area (Å²) in [6, 6.07) is 11.5. The number of fused-ring (bicyclic) bond motifs is 1. The summed E-state index contributed by atoms with van der Waals surface area (Å²) in [4.78, 5) is 19.0. The maximum absolute atomic E-state index is 13.4. The van der Waals surface area contributed by atoms with E-state index >= 15 is 0 Å². The number of halogens is 3. The maximum Gasteiger partial charge on any atom is 0.573 e. The minimum Gasteiger partial charge on any atom is -0.444 e. The summed E-state index contributed by atoms with van der Waals surface area (Å²) < 4.78 is 53.5. The van der Waals surface area contributed by atoms with E-state index in [0.717, 1.165) is 35.6 Å². The highest BCUT2D eigenvalue weighted by molar-refractivity contribution is 5.94. The van der Waals surface area contributed by atoms with Gasteiger partial charge in [0.15, 0.2) is 0 Å². The zero-order valence-electron chi connectivity index (χ0n) is 26.7. The number of aliphatic hydroxyl groups excluding tert-OH is 1. The van der Waals surface area contributed by atoms with Crippen molar-refractivity contribution < 1.29 is 32.5 Å². The smallest absolute Gasteiger partial charge is 0.444 e. The van der Waals surface area contributed by atoms with E-state index in [0.29, 0.717) is 43.0 Å². The molecule has 2 fully saturated rings. The number of aliphatic hydroxyl groups is 1. The Kier molecular flexibility index (Phi) is 8.42. The lowest BCUT2D eigenvalue weighted by Gasteiger charge is -2.35. The van der Waals surface area contributed by atoms with E-state index in [1.54, 1.807) is 16.6 Å². The number of piperidine rings is 1. The summed E-state index contributed by atoms with van der Waals surface area (Å²) in [5.74, 6) is -0.0141. The molecule has 1 aliphatic carbocycles. The predicted octanol–water partition coefficient (Wildman–Crippen LogP) is 6.76. The van der Waals surface area contributed by atoms with Gasteiger partial charge in [0.05, 0.1) is 41.1 Å². The number of likely N-dealkylation sites (tertiary alicyclic amines) is 1. The minimum atomic E-state index is -4.95. The van der Waals surface area contributed by atoms with E-state index in [1.165, 1.54) is 12.1 Å². The van der Waals surface area contributed by atoms with Crippen LogP contribution in [-0.2, 0) is 18.3 Å². The molecule has 2 aliphatic rings. The molecule has 1 amide bonds. The van der Waals surface area contributed by atoms with Crippen LogP contribution in [0, 0.1) is 17.2 Å². The molecule has 248 valence electrons. The zero-order valence-corrected chi connectivity index (χ0v) is 26.7. The monoisotopic (exact) mass is 650 g/mol. The molecular weight excluding hydrogens is 613 g/mol. The molecule has 6 rings (SSSR count). The van der Waals surface area contributed by atoms with Crippen molar-refractivity contribution in [3.05, 3.63) is 53.9 Å². The number of hydrogen-bond acceptors (Lipinski definition) is 7. The lowest BCUT2D eigenvalue weighted by molar-refractivity contribution is -0.274. The normalized spacial score (nSPS) is 16.7. The van der Waals surface area contributed by atoms with E-state index in [2.05, 4.69) is 4.74 Å². The van der Waals surface area contributed by atoms with Crippen LogP contribution in [0.4, 0.5) is 18.0 Å². The number of nitriles is 1. The number of rotatable bonds is 7. The molecule has 0 spiro atoms. The van der Waals surface area contributed by atoms with Crippen LogP contribution in [0.25, 0.3) is 33.5 Å². The molecule has 1 saturated heterocycles. The molecule has 1 unspecified atom stereocenters. The molecule has 1 N–H and O–H groups in total. The summed E-state index contributed by atoms with van der Waals surface area (Å²) >= 11 is 0. The molecule has 47 heavy (non-hydrogen) atoms. The SMILES string of the molecule is Cn1c(-c2ccc(C#N)cc2OC(F)(F)F)nc(-c2cccc3nn(CC(O)C4CCN(C(=O)OC(C)(C)C)CC4)cc23)c1C1CC1. The van der Waals surface area contributed by atoms with Crippen molar-refractivity contribution in [2.45, 2.75) is 77.0 Å². The van der Waals surface area contributed by atoms with Gasteiger partial charge in [-0.25, -0.2) is 9.78 Å². The molecule has 1 aliphatic heterocycles. The Bertz CT molecular complexity index is 1840. The lowest BCUT2D eigenvalue weighted by atomic mass is 9.91. The number of hydrogen-bond donors (Lipinski definition) is 1. The average molecular weight is 651 g/mol. The molecule has 2 aromatic heterocycles. The van der Waals surface area contributed by atoms with Crippen molar-refractivity contribution in [1.82, 2.24) is 24.2 Å². The van der Waals surface area contributed by atoms with Gasteiger partial charge in [-0.2, -0.15) is 10.4 Å². The third-order valence-corrected chi connectivity index (χ3v) is 8.64. The predicted molar refractivity (Wildman–Crippen MR) is 167 cm³/mol. The fourth-order valence-corrected chi connectivity index (χ4v) is 6.29. The fourth-order valence-electron chi connectivity index (χ4n) is 6.29. The van der Waals surface area contributed by atoms with E-state index in [1.807, 2.05) is 55.8 Å². The van der Waals surface area contributed by atoms with Gasteiger partial charge in [-0.15, -0.1) is 13.2 Å². The first-order valence-electron chi connectivity index (χ1n) is 15.7. The Morgan fingerprint density at radius 2 is 1.83 bits per heavy atom. The van der Waals surface area contributed by atoms with Gasteiger partial charge in [0.2, 0.25) is 0 Å². The second-order valence-corrected chi connectivity index (χ2v) is 13.3. The summed E-state index contributed by atoms with van der Waals surface area (Å²) in [5.41, 5.74) is 2.62. The number of ether oxygens (including phenoxy) is 2. The molecule has 2 aromatic carbocycles. The minimum absolute atomic E-state index is 0.0131. The van der Waals surface area contributed by atoms with E-state index < -0.39 is 23.8 Å². The van der Waals surface area contributed by atoms with E-state index in [-0.39, 0.29) is 35.6 Å². The number of carbonyl (C=O) groups excluding carboxylic acids is 1. The number of aromatic nitrogens is 4. The Morgan fingerprint density at radius 3 is 2.47 bits per heavy atom. The van der Waals surface area contributed by atoms with Crippen LogP contribution < -0.4 is 4.74 Å². The van der Waals surface area contributed by atoms with Gasteiger partial charge >= 0.3 is 12.5 Å². The van der Waals surface area contributed by atoms with E-state index in [4.69, 9.17) is 14.8 Å². The van der Waals surface area contributed by atoms with Gasteiger partial charge in [0.25, 0.3) is 0 Å². The molecule has 0 bridgehead atoms. The molecule has 1 saturated carbocycles. The van der Waals surface area contributed by atoms with Crippen molar-refractivity contribution in [3.8, 4) is 34.5 Å². The third-order valence-electron chi connectivity index (χ3n) is 8.64. The third kappa shape index (κ3) is 7.07. The molecule has 0 radical (unpaired) electrons. The molecule has 1 atom stereocenters. The number of carbonyl (C=O) groups is 1. The number of alkyl halides is 3. The van der Waals surface area contributed by atoms with Crippen molar-refractivity contribution in [2.24, 2.45) is 13.0 Å². The second kappa shape index (κ2) is 12.2. The fraction of sp³-hybridized carbons (Fsp3) is 0.471. The van der Waals surface area contributed by atoms with Crippen molar-refractivity contribution in [3.63, 3.8) is 0 Å². The Balaban J connectivity index is 1.28. The number of imidazole rings is 1. The Labute approximate surface area is 270 Å². The largest absolute Gasteiger partial charge is 0.573 e. The van der Waals surface area contributed by atoms with Gasteiger partial charge in [0.1, 0.15) is 17.2 Å². The van der Waals surface area contributed by atoms with Crippen LogP contribution in [0.2, 0.25) is 0 Å². The molecule has 10 nitrogen and oxygen atoms in total. The Hall–Kier alpha value is -4.57. The van der Waals surface area contributed by atoms with Crippen LogP contribution in [0.3, 0.4) is 0 Å².